The van der Waals surface area contributed by atoms with E-state index in [9.17, 15) is 4.79 Å². The molecule has 8 heteroatoms. The Morgan fingerprint density at radius 3 is 2.83 bits per heavy atom. The first-order valence-corrected chi connectivity index (χ1v) is 8.54. The standard InChI is InChI=1S/C16H20N6OS/c1-9-12(10(2)22-16(18-9)19-15(17)20-22)8-14(23)21(4)11(3)13-6-5-7-24-13/h5-7,11H,8H2,1-4H3,(H2,17,20)/t11-/m1/s1. The molecule has 0 saturated carbocycles. The number of nitrogens with two attached hydrogens (primary N) is 1. The Labute approximate surface area is 144 Å². The second kappa shape index (κ2) is 6.20. The molecule has 0 fully saturated rings. The third-order valence-electron chi connectivity index (χ3n) is 4.32. The summed E-state index contributed by atoms with van der Waals surface area (Å²) in [5, 5.41) is 6.16. The van der Waals surface area contributed by atoms with Crippen molar-refractivity contribution in [2.24, 2.45) is 0 Å². The van der Waals surface area contributed by atoms with Gasteiger partial charge in [-0.25, -0.2) is 4.98 Å². The number of nitrogen functional groups attached to an aromatic ring is 1. The van der Waals surface area contributed by atoms with E-state index >= 15 is 0 Å². The van der Waals surface area contributed by atoms with Gasteiger partial charge in [0, 0.05) is 28.9 Å². The molecule has 3 aromatic rings. The minimum absolute atomic E-state index is 0.0383. The van der Waals surface area contributed by atoms with Crippen LogP contribution in [0.25, 0.3) is 5.78 Å². The highest BCUT2D eigenvalue weighted by atomic mass is 32.1. The molecule has 0 unspecified atom stereocenters. The normalized spacial score (nSPS) is 12.5. The number of hydrogen-bond acceptors (Lipinski definition) is 6. The van der Waals surface area contributed by atoms with Gasteiger partial charge in [-0.3, -0.25) is 4.79 Å². The second-order valence-corrected chi connectivity index (χ2v) is 6.80. The van der Waals surface area contributed by atoms with Gasteiger partial charge in [-0.1, -0.05) is 6.07 Å². The first-order chi connectivity index (χ1) is 11.4. The van der Waals surface area contributed by atoms with Gasteiger partial charge in [-0.15, -0.1) is 16.4 Å². The number of rotatable bonds is 4. The second-order valence-electron chi connectivity index (χ2n) is 5.82. The Bertz CT molecular complexity index is 886. The number of hydrogen-bond donors (Lipinski definition) is 1. The van der Waals surface area contributed by atoms with Crippen molar-refractivity contribution in [1.82, 2.24) is 24.5 Å². The lowest BCUT2D eigenvalue weighted by molar-refractivity contribution is -0.131. The van der Waals surface area contributed by atoms with E-state index in [4.69, 9.17) is 5.73 Å². The number of likely N-dealkylation sites (N-methyl/N-ethyl adjacent to an activating group) is 1. The summed E-state index contributed by atoms with van der Waals surface area (Å²) in [6, 6.07) is 4.08. The number of nitrogens with zero attached hydrogens (tertiary/aromatic N) is 5. The fourth-order valence-corrected chi connectivity index (χ4v) is 3.52. The lowest BCUT2D eigenvalue weighted by atomic mass is 10.1. The van der Waals surface area contributed by atoms with Crippen LogP contribution in [0, 0.1) is 13.8 Å². The van der Waals surface area contributed by atoms with E-state index < -0.39 is 0 Å². The average Bonchev–Trinajstić information content (AvgIpc) is 3.19. The van der Waals surface area contributed by atoms with Crippen molar-refractivity contribution >= 4 is 29.0 Å². The maximum atomic E-state index is 12.7. The molecule has 0 aliphatic carbocycles. The van der Waals surface area contributed by atoms with Crippen LogP contribution in [0.2, 0.25) is 0 Å². The summed E-state index contributed by atoms with van der Waals surface area (Å²) in [5.41, 5.74) is 8.13. The number of carbonyl (C=O) groups excluding carboxylic acids is 1. The first-order valence-electron chi connectivity index (χ1n) is 7.66. The zero-order valence-corrected chi connectivity index (χ0v) is 15.0. The number of aromatic nitrogens is 4. The van der Waals surface area contributed by atoms with Crippen LogP contribution in [-0.4, -0.2) is 37.4 Å². The van der Waals surface area contributed by atoms with Crippen LogP contribution >= 0.6 is 11.3 Å². The molecule has 0 bridgehead atoms. The lowest BCUT2D eigenvalue weighted by Gasteiger charge is -2.24. The number of amides is 1. The van der Waals surface area contributed by atoms with E-state index in [0.717, 1.165) is 21.8 Å². The topological polar surface area (TPSA) is 89.4 Å². The number of fused-ring (bicyclic) bond motifs is 1. The largest absolute Gasteiger partial charge is 0.366 e. The Balaban J connectivity index is 1.87. The van der Waals surface area contributed by atoms with Crippen LogP contribution < -0.4 is 5.73 Å². The maximum absolute atomic E-state index is 12.7. The van der Waals surface area contributed by atoms with Crippen molar-refractivity contribution in [2.45, 2.75) is 33.2 Å². The Hall–Kier alpha value is -2.48. The molecular weight excluding hydrogens is 324 g/mol. The van der Waals surface area contributed by atoms with Gasteiger partial charge in [-0.05, 0) is 32.2 Å². The Morgan fingerprint density at radius 1 is 1.42 bits per heavy atom. The van der Waals surface area contributed by atoms with Gasteiger partial charge in [-0.2, -0.15) is 9.50 Å². The predicted molar refractivity (Wildman–Crippen MR) is 93.9 cm³/mol. The molecule has 126 valence electrons. The molecule has 1 atom stereocenters. The molecule has 0 spiro atoms. The summed E-state index contributed by atoms with van der Waals surface area (Å²) in [7, 11) is 1.83. The fourth-order valence-electron chi connectivity index (χ4n) is 2.69. The predicted octanol–water partition coefficient (Wildman–Crippen LogP) is 2.15. The van der Waals surface area contributed by atoms with Crippen LogP contribution in [0.3, 0.4) is 0 Å². The molecule has 24 heavy (non-hydrogen) atoms. The zero-order chi connectivity index (χ0) is 17.4. The summed E-state index contributed by atoms with van der Waals surface area (Å²) >= 11 is 1.65. The first kappa shape index (κ1) is 16.4. The van der Waals surface area contributed by atoms with Crippen LogP contribution in [0.4, 0.5) is 5.95 Å². The summed E-state index contributed by atoms with van der Waals surface area (Å²) < 4.78 is 1.59. The Kier molecular flexibility index (Phi) is 4.23. The SMILES string of the molecule is Cc1nc2nc(N)nn2c(C)c1CC(=O)N(C)[C@H](C)c1cccs1. The molecule has 7 nitrogen and oxygen atoms in total. The molecule has 0 aromatic carbocycles. The molecule has 3 rings (SSSR count). The van der Waals surface area contributed by atoms with Crippen molar-refractivity contribution in [1.29, 1.82) is 0 Å². The van der Waals surface area contributed by atoms with Crippen LogP contribution in [0.15, 0.2) is 17.5 Å². The van der Waals surface area contributed by atoms with Gasteiger partial charge in [0.15, 0.2) is 0 Å². The van der Waals surface area contributed by atoms with E-state index in [1.54, 1.807) is 20.8 Å². The van der Waals surface area contributed by atoms with Gasteiger partial charge in [0.1, 0.15) is 0 Å². The lowest BCUT2D eigenvalue weighted by Crippen LogP contribution is -2.31. The molecule has 2 N–H and O–H groups in total. The Morgan fingerprint density at radius 2 is 2.17 bits per heavy atom. The van der Waals surface area contributed by atoms with Crippen molar-refractivity contribution < 1.29 is 4.79 Å². The van der Waals surface area contributed by atoms with E-state index in [1.165, 1.54) is 0 Å². The molecule has 1 amide bonds. The summed E-state index contributed by atoms with van der Waals surface area (Å²) in [6.45, 7) is 5.81. The molecule has 3 heterocycles. The van der Waals surface area contributed by atoms with Crippen LogP contribution in [0.5, 0.6) is 0 Å². The molecule has 0 saturated heterocycles. The molecule has 3 aromatic heterocycles. The maximum Gasteiger partial charge on any atom is 0.254 e. The molecule has 0 aliphatic heterocycles. The monoisotopic (exact) mass is 344 g/mol. The third-order valence-corrected chi connectivity index (χ3v) is 5.37. The van der Waals surface area contributed by atoms with E-state index in [-0.39, 0.29) is 24.3 Å². The van der Waals surface area contributed by atoms with E-state index in [1.807, 2.05) is 45.3 Å². The van der Waals surface area contributed by atoms with Gasteiger partial charge < -0.3 is 10.6 Å². The minimum atomic E-state index is 0.0383. The zero-order valence-electron chi connectivity index (χ0n) is 14.1. The molecular formula is C16H20N6OS. The smallest absolute Gasteiger partial charge is 0.254 e. The average molecular weight is 344 g/mol. The molecule has 0 radical (unpaired) electrons. The van der Waals surface area contributed by atoms with E-state index in [0.29, 0.717) is 5.78 Å². The molecule has 0 aliphatic rings. The third kappa shape index (κ3) is 2.84. The van der Waals surface area contributed by atoms with Gasteiger partial charge in [0.2, 0.25) is 11.9 Å². The van der Waals surface area contributed by atoms with Crippen molar-refractivity contribution in [3.63, 3.8) is 0 Å². The van der Waals surface area contributed by atoms with Gasteiger partial charge >= 0.3 is 0 Å². The minimum Gasteiger partial charge on any atom is -0.366 e. The number of aryl methyl sites for hydroxylation is 2. The van der Waals surface area contributed by atoms with Crippen molar-refractivity contribution in [2.75, 3.05) is 12.8 Å². The van der Waals surface area contributed by atoms with Crippen LogP contribution in [-0.2, 0) is 11.2 Å². The highest BCUT2D eigenvalue weighted by molar-refractivity contribution is 7.10. The summed E-state index contributed by atoms with van der Waals surface area (Å²) in [5.74, 6) is 0.673. The highest BCUT2D eigenvalue weighted by Gasteiger charge is 2.21. The number of thiophene rings is 1. The van der Waals surface area contributed by atoms with Gasteiger partial charge in [0.25, 0.3) is 5.78 Å². The van der Waals surface area contributed by atoms with Crippen molar-refractivity contribution in [3.05, 3.63) is 39.3 Å². The summed E-state index contributed by atoms with van der Waals surface area (Å²) in [6.07, 6.45) is 0.270. The highest BCUT2D eigenvalue weighted by Crippen LogP contribution is 2.24. The number of carbonyl (C=O) groups is 1. The fraction of sp³-hybridized carbons (Fsp3) is 0.375. The quantitative estimate of drug-likeness (QED) is 0.783. The van der Waals surface area contributed by atoms with Crippen molar-refractivity contribution in [3.8, 4) is 0 Å². The van der Waals surface area contributed by atoms with E-state index in [2.05, 4.69) is 15.1 Å². The van der Waals surface area contributed by atoms with Gasteiger partial charge in [0.05, 0.1) is 12.5 Å². The van der Waals surface area contributed by atoms with Crippen LogP contribution in [0.1, 0.15) is 34.8 Å². The summed E-state index contributed by atoms with van der Waals surface area (Å²) in [4.78, 5) is 24.1. The number of anilines is 1.